The monoisotopic (exact) mass is 274 g/mol. The van der Waals surface area contributed by atoms with Crippen LogP contribution in [0.15, 0.2) is 30.3 Å². The Morgan fingerprint density at radius 1 is 1.35 bits per heavy atom. The van der Waals surface area contributed by atoms with Gasteiger partial charge in [0.25, 0.3) is 0 Å². The summed E-state index contributed by atoms with van der Waals surface area (Å²) < 4.78 is 11.4. The fraction of sp³-hybridized carbons (Fsp3) is 0.588. The molecule has 2 unspecified atom stereocenters. The molecule has 1 aromatic carbocycles. The molecule has 2 fully saturated rings. The average Bonchev–Trinajstić information content (AvgIpc) is 2.47. The number of carbonyl (C=O) groups excluding carboxylic acids is 1. The molecule has 1 heterocycles. The number of ketones is 1. The molecule has 3 nitrogen and oxygen atoms in total. The van der Waals surface area contributed by atoms with E-state index in [2.05, 4.69) is 0 Å². The zero-order valence-electron chi connectivity index (χ0n) is 12.0. The number of hydrogen-bond donors (Lipinski definition) is 0. The van der Waals surface area contributed by atoms with Gasteiger partial charge in [-0.1, -0.05) is 30.3 Å². The molecule has 1 aliphatic heterocycles. The largest absolute Gasteiger partial charge is 0.375 e. The summed E-state index contributed by atoms with van der Waals surface area (Å²) in [6.07, 6.45) is 4.72. The molecule has 20 heavy (non-hydrogen) atoms. The molecule has 2 aliphatic rings. The van der Waals surface area contributed by atoms with E-state index in [-0.39, 0.29) is 17.3 Å². The van der Waals surface area contributed by atoms with Gasteiger partial charge in [0, 0.05) is 19.6 Å². The first-order valence-corrected chi connectivity index (χ1v) is 7.49. The summed E-state index contributed by atoms with van der Waals surface area (Å²) in [4.78, 5) is 12.8. The molecule has 0 N–H and O–H groups in total. The first-order chi connectivity index (χ1) is 9.74. The van der Waals surface area contributed by atoms with Crippen molar-refractivity contribution in [2.24, 2.45) is 5.92 Å². The zero-order chi connectivity index (χ0) is 14.0. The molecular weight excluding hydrogens is 252 g/mol. The van der Waals surface area contributed by atoms with E-state index in [0.717, 1.165) is 31.2 Å². The lowest BCUT2D eigenvalue weighted by atomic mass is 9.70. The van der Waals surface area contributed by atoms with Crippen molar-refractivity contribution < 1.29 is 14.3 Å². The number of methoxy groups -OCH3 is 1. The second-order valence-corrected chi connectivity index (χ2v) is 6.00. The van der Waals surface area contributed by atoms with Crippen molar-refractivity contribution in [3.63, 3.8) is 0 Å². The maximum Gasteiger partial charge on any atom is 0.169 e. The van der Waals surface area contributed by atoms with Crippen molar-refractivity contribution >= 4 is 5.78 Å². The van der Waals surface area contributed by atoms with Crippen LogP contribution in [0.1, 0.15) is 43.8 Å². The van der Waals surface area contributed by atoms with E-state index >= 15 is 0 Å². The number of Topliss-reactive ketones (excluding diaryl/α,β-unsaturated/α-hetero) is 1. The Labute approximate surface area is 120 Å². The Balaban J connectivity index is 1.73. The molecule has 1 aromatic rings. The highest BCUT2D eigenvalue weighted by Crippen LogP contribution is 2.45. The second-order valence-electron chi connectivity index (χ2n) is 6.00. The summed E-state index contributed by atoms with van der Waals surface area (Å²) in [5.74, 6) is 0.294. The third-order valence-corrected chi connectivity index (χ3v) is 4.76. The third kappa shape index (κ3) is 2.52. The third-order valence-electron chi connectivity index (χ3n) is 4.76. The van der Waals surface area contributed by atoms with Gasteiger partial charge in [-0.15, -0.1) is 0 Å². The summed E-state index contributed by atoms with van der Waals surface area (Å²) >= 11 is 0. The van der Waals surface area contributed by atoms with Crippen LogP contribution in [0.4, 0.5) is 0 Å². The van der Waals surface area contributed by atoms with E-state index in [9.17, 15) is 4.79 Å². The van der Waals surface area contributed by atoms with Gasteiger partial charge in [0.05, 0.1) is 5.60 Å². The average molecular weight is 274 g/mol. The van der Waals surface area contributed by atoms with E-state index in [4.69, 9.17) is 9.47 Å². The van der Waals surface area contributed by atoms with Gasteiger partial charge in [-0.2, -0.15) is 0 Å². The van der Waals surface area contributed by atoms with Crippen molar-refractivity contribution in [3.05, 3.63) is 35.9 Å². The lowest BCUT2D eigenvalue weighted by Crippen LogP contribution is -2.47. The molecule has 0 amide bonds. The molecule has 1 saturated carbocycles. The van der Waals surface area contributed by atoms with Gasteiger partial charge in [-0.3, -0.25) is 4.79 Å². The molecule has 1 saturated heterocycles. The normalized spacial score (nSPS) is 25.9. The molecule has 1 spiro atoms. The summed E-state index contributed by atoms with van der Waals surface area (Å²) in [6, 6.07) is 9.78. The van der Waals surface area contributed by atoms with Gasteiger partial charge < -0.3 is 9.47 Å². The van der Waals surface area contributed by atoms with E-state index in [0.29, 0.717) is 6.61 Å². The predicted molar refractivity (Wildman–Crippen MR) is 76.5 cm³/mol. The molecule has 1 aliphatic carbocycles. The number of ether oxygens (including phenoxy) is 2. The van der Waals surface area contributed by atoms with Crippen molar-refractivity contribution in [2.75, 3.05) is 13.7 Å². The van der Waals surface area contributed by atoms with Crippen molar-refractivity contribution in [1.82, 2.24) is 0 Å². The van der Waals surface area contributed by atoms with Gasteiger partial charge >= 0.3 is 0 Å². The fourth-order valence-corrected chi connectivity index (χ4v) is 3.45. The van der Waals surface area contributed by atoms with Crippen LogP contribution in [0.2, 0.25) is 0 Å². The van der Waals surface area contributed by atoms with Gasteiger partial charge in [0.2, 0.25) is 0 Å². The molecule has 0 radical (unpaired) electrons. The van der Waals surface area contributed by atoms with Crippen molar-refractivity contribution in [3.8, 4) is 0 Å². The van der Waals surface area contributed by atoms with Gasteiger partial charge in [0.1, 0.15) is 6.10 Å². The Morgan fingerprint density at radius 2 is 2.10 bits per heavy atom. The van der Waals surface area contributed by atoms with Crippen LogP contribution in [-0.4, -0.2) is 25.1 Å². The van der Waals surface area contributed by atoms with Gasteiger partial charge in [-0.05, 0) is 37.7 Å². The molecule has 3 heteroatoms. The van der Waals surface area contributed by atoms with Crippen LogP contribution < -0.4 is 0 Å². The fourth-order valence-electron chi connectivity index (χ4n) is 3.45. The van der Waals surface area contributed by atoms with Crippen LogP contribution in [0.25, 0.3) is 0 Å². The molecule has 0 bridgehead atoms. The summed E-state index contributed by atoms with van der Waals surface area (Å²) in [5, 5.41) is 0. The van der Waals surface area contributed by atoms with E-state index in [1.54, 1.807) is 7.11 Å². The van der Waals surface area contributed by atoms with Crippen LogP contribution in [0.5, 0.6) is 0 Å². The van der Waals surface area contributed by atoms with Gasteiger partial charge in [0.15, 0.2) is 5.78 Å². The Bertz CT molecular complexity index is 464. The van der Waals surface area contributed by atoms with Crippen LogP contribution >= 0.6 is 0 Å². The summed E-state index contributed by atoms with van der Waals surface area (Å²) in [6.45, 7) is 0.710. The zero-order valence-corrected chi connectivity index (χ0v) is 12.0. The first kappa shape index (κ1) is 13.8. The minimum atomic E-state index is -0.434. The van der Waals surface area contributed by atoms with Gasteiger partial charge in [-0.25, -0.2) is 0 Å². The SMILES string of the molecule is COC(C(=O)C1CCOC2(CCC2)C1)c1ccccc1. The molecular formula is C17H22O3. The topological polar surface area (TPSA) is 35.5 Å². The van der Waals surface area contributed by atoms with E-state index < -0.39 is 6.10 Å². The Kier molecular flexibility index (Phi) is 3.90. The van der Waals surface area contributed by atoms with E-state index in [1.165, 1.54) is 6.42 Å². The van der Waals surface area contributed by atoms with Crippen LogP contribution in [0.3, 0.4) is 0 Å². The number of benzene rings is 1. The maximum absolute atomic E-state index is 12.8. The number of hydrogen-bond acceptors (Lipinski definition) is 3. The highest BCUT2D eigenvalue weighted by Gasteiger charge is 2.45. The smallest absolute Gasteiger partial charge is 0.169 e. The first-order valence-electron chi connectivity index (χ1n) is 7.49. The molecule has 3 rings (SSSR count). The second kappa shape index (κ2) is 5.66. The summed E-state index contributed by atoms with van der Waals surface area (Å²) in [5.41, 5.74) is 0.960. The highest BCUT2D eigenvalue weighted by atomic mass is 16.5. The summed E-state index contributed by atoms with van der Waals surface area (Å²) in [7, 11) is 1.62. The maximum atomic E-state index is 12.8. The highest BCUT2D eigenvalue weighted by molar-refractivity contribution is 5.86. The van der Waals surface area contributed by atoms with Crippen molar-refractivity contribution in [1.29, 1.82) is 0 Å². The van der Waals surface area contributed by atoms with Crippen LogP contribution in [0, 0.1) is 5.92 Å². The molecule has 2 atom stereocenters. The lowest BCUT2D eigenvalue weighted by Gasteiger charge is -2.47. The minimum Gasteiger partial charge on any atom is -0.375 e. The molecule has 108 valence electrons. The van der Waals surface area contributed by atoms with E-state index in [1.807, 2.05) is 30.3 Å². The minimum absolute atomic E-state index is 0.00750. The quantitative estimate of drug-likeness (QED) is 0.845. The Hall–Kier alpha value is -1.19. The Morgan fingerprint density at radius 3 is 2.70 bits per heavy atom. The molecule has 0 aromatic heterocycles. The lowest BCUT2D eigenvalue weighted by molar-refractivity contribution is -0.161. The number of carbonyl (C=O) groups is 1. The number of rotatable bonds is 4. The van der Waals surface area contributed by atoms with Crippen LogP contribution in [-0.2, 0) is 14.3 Å². The van der Waals surface area contributed by atoms with Crippen molar-refractivity contribution in [2.45, 2.75) is 43.8 Å². The standard InChI is InChI=1S/C17H22O3/c1-19-16(13-6-3-2-4-7-13)15(18)14-8-11-20-17(12-14)9-5-10-17/h2-4,6-7,14,16H,5,8-12H2,1H3. The predicted octanol–water partition coefficient (Wildman–Crippen LogP) is 3.29.